The standard InChI is InChI=1S/C12H16BrClFN/c1-9(2)16(6-5-13)8-10-3-4-11(15)7-12(10)14/h3-4,7,9H,5-6,8H2,1-2H3. The van der Waals surface area contributed by atoms with Crippen molar-refractivity contribution >= 4 is 27.5 Å². The van der Waals surface area contributed by atoms with Crippen LogP contribution in [0.15, 0.2) is 18.2 Å². The molecule has 0 radical (unpaired) electrons. The zero-order valence-corrected chi connectivity index (χ0v) is 11.9. The van der Waals surface area contributed by atoms with E-state index in [0.717, 1.165) is 24.0 Å². The van der Waals surface area contributed by atoms with Gasteiger partial charge in [-0.2, -0.15) is 0 Å². The average molecular weight is 309 g/mol. The molecule has 0 saturated heterocycles. The predicted molar refractivity (Wildman–Crippen MR) is 70.8 cm³/mol. The van der Waals surface area contributed by atoms with Crippen LogP contribution in [0.25, 0.3) is 0 Å². The van der Waals surface area contributed by atoms with Gasteiger partial charge in [-0.15, -0.1) is 0 Å². The van der Waals surface area contributed by atoms with Gasteiger partial charge in [-0.25, -0.2) is 4.39 Å². The molecule has 1 nitrogen and oxygen atoms in total. The fourth-order valence-electron chi connectivity index (χ4n) is 1.50. The van der Waals surface area contributed by atoms with Gasteiger partial charge in [0.1, 0.15) is 5.82 Å². The van der Waals surface area contributed by atoms with E-state index in [1.54, 1.807) is 6.07 Å². The van der Waals surface area contributed by atoms with Gasteiger partial charge in [0.2, 0.25) is 0 Å². The highest BCUT2D eigenvalue weighted by Gasteiger charge is 2.11. The molecule has 0 aromatic heterocycles. The quantitative estimate of drug-likeness (QED) is 0.741. The minimum Gasteiger partial charge on any atom is -0.296 e. The van der Waals surface area contributed by atoms with Crippen LogP contribution < -0.4 is 0 Å². The van der Waals surface area contributed by atoms with Crippen molar-refractivity contribution in [3.63, 3.8) is 0 Å². The van der Waals surface area contributed by atoms with Crippen LogP contribution in [0.5, 0.6) is 0 Å². The van der Waals surface area contributed by atoms with Crippen molar-refractivity contribution in [3.05, 3.63) is 34.6 Å². The molecule has 1 aromatic carbocycles. The molecule has 4 heteroatoms. The lowest BCUT2D eigenvalue weighted by molar-refractivity contribution is 0.227. The molecule has 0 unspecified atom stereocenters. The molecule has 0 saturated carbocycles. The van der Waals surface area contributed by atoms with Crippen molar-refractivity contribution in [2.45, 2.75) is 26.4 Å². The molecule has 16 heavy (non-hydrogen) atoms. The first-order valence-corrected chi connectivity index (χ1v) is 6.78. The first-order valence-electron chi connectivity index (χ1n) is 5.28. The first kappa shape index (κ1) is 13.9. The molecular weight excluding hydrogens is 292 g/mol. The molecule has 0 heterocycles. The zero-order valence-electron chi connectivity index (χ0n) is 9.51. The van der Waals surface area contributed by atoms with E-state index < -0.39 is 0 Å². The molecule has 0 N–H and O–H groups in total. The van der Waals surface area contributed by atoms with Gasteiger partial charge in [0, 0.05) is 29.5 Å². The molecule has 0 aliphatic heterocycles. The highest BCUT2D eigenvalue weighted by Crippen LogP contribution is 2.19. The third kappa shape index (κ3) is 4.04. The molecule has 90 valence electrons. The van der Waals surface area contributed by atoms with E-state index in [-0.39, 0.29) is 5.82 Å². The van der Waals surface area contributed by atoms with E-state index in [1.807, 2.05) is 0 Å². The maximum absolute atomic E-state index is 12.9. The van der Waals surface area contributed by atoms with E-state index in [4.69, 9.17) is 11.6 Å². The van der Waals surface area contributed by atoms with Crippen LogP contribution in [0.3, 0.4) is 0 Å². The van der Waals surface area contributed by atoms with Gasteiger partial charge >= 0.3 is 0 Å². The third-order valence-electron chi connectivity index (χ3n) is 2.49. The largest absolute Gasteiger partial charge is 0.296 e. The summed E-state index contributed by atoms with van der Waals surface area (Å²) in [5.41, 5.74) is 0.970. The zero-order chi connectivity index (χ0) is 12.1. The molecule has 1 rings (SSSR count). The van der Waals surface area contributed by atoms with Gasteiger partial charge in [0.25, 0.3) is 0 Å². The van der Waals surface area contributed by atoms with Crippen LogP contribution in [0.2, 0.25) is 5.02 Å². The lowest BCUT2D eigenvalue weighted by atomic mass is 10.2. The summed E-state index contributed by atoms with van der Waals surface area (Å²) in [5, 5.41) is 1.42. The fraction of sp³-hybridized carbons (Fsp3) is 0.500. The van der Waals surface area contributed by atoms with Gasteiger partial charge < -0.3 is 0 Å². The van der Waals surface area contributed by atoms with E-state index in [9.17, 15) is 4.39 Å². The normalized spacial score (nSPS) is 11.4. The van der Waals surface area contributed by atoms with Crippen LogP contribution in [-0.4, -0.2) is 22.8 Å². The molecule has 0 aliphatic rings. The Morgan fingerprint density at radius 2 is 2.12 bits per heavy atom. The van der Waals surface area contributed by atoms with Crippen molar-refractivity contribution in [2.75, 3.05) is 11.9 Å². The van der Waals surface area contributed by atoms with Crippen LogP contribution in [0.1, 0.15) is 19.4 Å². The Hall–Kier alpha value is -0.120. The summed E-state index contributed by atoms with van der Waals surface area (Å²) < 4.78 is 12.9. The molecule has 0 fully saturated rings. The van der Waals surface area contributed by atoms with Crippen molar-refractivity contribution in [2.24, 2.45) is 0 Å². The van der Waals surface area contributed by atoms with E-state index in [1.165, 1.54) is 12.1 Å². The van der Waals surface area contributed by atoms with Gasteiger partial charge in [-0.3, -0.25) is 4.90 Å². The summed E-state index contributed by atoms with van der Waals surface area (Å²) in [4.78, 5) is 2.29. The average Bonchev–Trinajstić information content (AvgIpc) is 2.20. The van der Waals surface area contributed by atoms with E-state index in [0.29, 0.717) is 11.1 Å². The third-order valence-corrected chi connectivity index (χ3v) is 3.20. The van der Waals surface area contributed by atoms with Crippen molar-refractivity contribution in [3.8, 4) is 0 Å². The van der Waals surface area contributed by atoms with Crippen molar-refractivity contribution in [1.29, 1.82) is 0 Å². The molecule has 1 aromatic rings. The smallest absolute Gasteiger partial charge is 0.124 e. The Morgan fingerprint density at radius 1 is 1.44 bits per heavy atom. The fourth-order valence-corrected chi connectivity index (χ4v) is 2.18. The minimum absolute atomic E-state index is 0.287. The SMILES string of the molecule is CC(C)N(CCBr)Cc1ccc(F)cc1Cl. The topological polar surface area (TPSA) is 3.24 Å². The van der Waals surface area contributed by atoms with E-state index >= 15 is 0 Å². The minimum atomic E-state index is -0.287. The first-order chi connectivity index (χ1) is 7.54. The van der Waals surface area contributed by atoms with Crippen molar-refractivity contribution in [1.82, 2.24) is 4.90 Å². The molecular formula is C12H16BrClFN. The number of nitrogens with zero attached hydrogens (tertiary/aromatic N) is 1. The molecule has 0 amide bonds. The summed E-state index contributed by atoms with van der Waals surface area (Å²) in [6.07, 6.45) is 0. The lowest BCUT2D eigenvalue weighted by Gasteiger charge is -2.26. The number of alkyl halides is 1. The van der Waals surface area contributed by atoms with Gasteiger partial charge in [-0.05, 0) is 31.5 Å². The Kier molecular flexibility index (Phi) is 5.73. The summed E-state index contributed by atoms with van der Waals surface area (Å²) in [7, 11) is 0. The van der Waals surface area contributed by atoms with Crippen LogP contribution in [0.4, 0.5) is 4.39 Å². The lowest BCUT2D eigenvalue weighted by Crippen LogP contribution is -2.32. The number of rotatable bonds is 5. The molecule has 0 aliphatic carbocycles. The second-order valence-electron chi connectivity index (χ2n) is 3.99. The van der Waals surface area contributed by atoms with Gasteiger partial charge in [-0.1, -0.05) is 33.6 Å². The van der Waals surface area contributed by atoms with Crippen molar-refractivity contribution < 1.29 is 4.39 Å². The molecule has 0 atom stereocenters. The Balaban J connectivity index is 2.77. The maximum atomic E-state index is 12.9. The van der Waals surface area contributed by atoms with Crippen LogP contribution in [0, 0.1) is 5.82 Å². The summed E-state index contributed by atoms with van der Waals surface area (Å²) in [6.45, 7) is 5.98. The number of hydrogen-bond donors (Lipinski definition) is 0. The van der Waals surface area contributed by atoms with Gasteiger partial charge in [0.05, 0.1) is 0 Å². The van der Waals surface area contributed by atoms with E-state index in [2.05, 4.69) is 34.7 Å². The Morgan fingerprint density at radius 3 is 2.62 bits per heavy atom. The maximum Gasteiger partial charge on any atom is 0.124 e. The van der Waals surface area contributed by atoms with Crippen LogP contribution >= 0.6 is 27.5 Å². The Labute approximate surface area is 110 Å². The summed E-state index contributed by atoms with van der Waals surface area (Å²) in [5.74, 6) is -0.287. The number of hydrogen-bond acceptors (Lipinski definition) is 1. The summed E-state index contributed by atoms with van der Waals surface area (Å²) in [6, 6.07) is 5.01. The molecule has 0 bridgehead atoms. The van der Waals surface area contributed by atoms with Crippen LogP contribution in [-0.2, 0) is 6.54 Å². The Bertz CT molecular complexity index is 344. The summed E-state index contributed by atoms with van der Waals surface area (Å²) >= 11 is 9.43. The predicted octanol–water partition coefficient (Wildman–Crippen LogP) is 4.08. The van der Waals surface area contributed by atoms with Gasteiger partial charge in [0.15, 0.2) is 0 Å². The highest BCUT2D eigenvalue weighted by atomic mass is 79.9. The number of halogens is 3. The highest BCUT2D eigenvalue weighted by molar-refractivity contribution is 9.09. The molecule has 0 spiro atoms. The second-order valence-corrected chi connectivity index (χ2v) is 5.19. The second kappa shape index (κ2) is 6.58. The number of benzene rings is 1. The monoisotopic (exact) mass is 307 g/mol.